The van der Waals surface area contributed by atoms with Gasteiger partial charge in [-0.25, -0.2) is 8.78 Å². The van der Waals surface area contributed by atoms with E-state index >= 15 is 0 Å². The number of rotatable bonds is 3. The van der Waals surface area contributed by atoms with E-state index in [1.807, 2.05) is 0 Å². The number of carbonyl (C=O) groups excluding carboxylic acids is 2. The first-order valence-corrected chi connectivity index (χ1v) is 11.3. The first-order chi connectivity index (χ1) is 15.4. The molecule has 1 saturated heterocycles. The van der Waals surface area contributed by atoms with E-state index in [9.17, 15) is 18.4 Å². The summed E-state index contributed by atoms with van der Waals surface area (Å²) >= 11 is 7.28. The third kappa shape index (κ3) is 3.27. The Hall–Kier alpha value is -2.90. The van der Waals surface area contributed by atoms with Crippen molar-refractivity contribution in [2.75, 3.05) is 17.2 Å². The summed E-state index contributed by atoms with van der Waals surface area (Å²) in [4.78, 5) is 29.0. The fourth-order valence-corrected chi connectivity index (χ4v) is 5.84. The van der Waals surface area contributed by atoms with Crippen molar-refractivity contribution in [2.45, 2.75) is 11.4 Å². The minimum Gasteiger partial charge on any atom is -0.311 e. The van der Waals surface area contributed by atoms with E-state index in [2.05, 4.69) is 0 Å². The molecule has 0 aromatic heterocycles. The van der Waals surface area contributed by atoms with Crippen molar-refractivity contribution in [2.24, 2.45) is 0 Å². The lowest BCUT2D eigenvalue weighted by Crippen LogP contribution is -2.50. The Kier molecular flexibility index (Phi) is 5.18. The van der Waals surface area contributed by atoms with Gasteiger partial charge >= 0.3 is 0 Å². The first-order valence-electron chi connectivity index (χ1n) is 9.98. The molecule has 0 radical (unpaired) electrons. The highest BCUT2D eigenvalue weighted by atomic mass is 35.5. The van der Waals surface area contributed by atoms with Crippen molar-refractivity contribution < 1.29 is 18.4 Å². The minimum absolute atomic E-state index is 0.184. The van der Waals surface area contributed by atoms with Gasteiger partial charge in [-0.05, 0) is 60.2 Å². The molecule has 162 valence electrons. The van der Waals surface area contributed by atoms with E-state index in [1.54, 1.807) is 47.4 Å². The second-order valence-corrected chi connectivity index (χ2v) is 9.36. The molecule has 2 amide bonds. The minimum atomic E-state index is -1.35. The quantitative estimate of drug-likeness (QED) is 0.528. The molecule has 0 unspecified atom stereocenters. The number of benzene rings is 3. The van der Waals surface area contributed by atoms with E-state index in [4.69, 9.17) is 11.6 Å². The van der Waals surface area contributed by atoms with E-state index < -0.39 is 10.7 Å². The Balaban J connectivity index is 1.58. The molecule has 0 saturated carbocycles. The molecule has 4 nitrogen and oxygen atoms in total. The Bertz CT molecular complexity index is 1220. The van der Waals surface area contributed by atoms with E-state index in [-0.39, 0.29) is 24.2 Å². The topological polar surface area (TPSA) is 40.6 Å². The second kappa shape index (κ2) is 7.90. The first kappa shape index (κ1) is 21.0. The van der Waals surface area contributed by atoms with Gasteiger partial charge in [0.1, 0.15) is 11.6 Å². The highest BCUT2D eigenvalue weighted by molar-refractivity contribution is 8.01. The highest BCUT2D eigenvalue weighted by Gasteiger charge is 2.59. The summed E-state index contributed by atoms with van der Waals surface area (Å²) in [5, 5.41) is 0.502. The molecular weight excluding hydrogens is 454 g/mol. The van der Waals surface area contributed by atoms with E-state index in [0.29, 0.717) is 34.1 Å². The second-order valence-electron chi connectivity index (χ2n) is 7.64. The molecule has 2 aliphatic rings. The zero-order valence-electron chi connectivity index (χ0n) is 16.7. The van der Waals surface area contributed by atoms with Crippen molar-refractivity contribution in [3.05, 3.63) is 100 Å². The van der Waals surface area contributed by atoms with Crippen LogP contribution in [0.4, 0.5) is 14.5 Å². The number of amides is 2. The third-order valence-electron chi connectivity index (χ3n) is 5.75. The van der Waals surface area contributed by atoms with E-state index in [0.717, 1.165) is 5.56 Å². The zero-order chi connectivity index (χ0) is 22.5. The Morgan fingerprint density at radius 1 is 1.00 bits per heavy atom. The fraction of sp³-hybridized carbons (Fsp3) is 0.167. The summed E-state index contributed by atoms with van der Waals surface area (Å²) in [6, 6.07) is 16.5. The monoisotopic (exact) mass is 470 g/mol. The SMILES string of the molecule is O=C(c1ccc(Cl)cc1)N1CCS[C@@]12C(=O)N(Cc1ccc(F)cc1)c1ccc(F)cc12. The Morgan fingerprint density at radius 3 is 2.41 bits per heavy atom. The van der Waals surface area contributed by atoms with Gasteiger partial charge < -0.3 is 9.80 Å². The third-order valence-corrected chi connectivity index (χ3v) is 7.42. The molecule has 3 aromatic rings. The van der Waals surface area contributed by atoms with Crippen LogP contribution in [-0.4, -0.2) is 29.0 Å². The molecule has 0 N–H and O–H groups in total. The number of fused-ring (bicyclic) bond motifs is 2. The number of hydrogen-bond donors (Lipinski definition) is 0. The molecule has 1 spiro atoms. The molecule has 3 aromatic carbocycles. The van der Waals surface area contributed by atoms with Gasteiger partial charge in [0.2, 0.25) is 0 Å². The van der Waals surface area contributed by atoms with Crippen LogP contribution in [-0.2, 0) is 16.2 Å². The molecule has 32 heavy (non-hydrogen) atoms. The van der Waals surface area contributed by atoms with Gasteiger partial charge in [0.25, 0.3) is 11.8 Å². The van der Waals surface area contributed by atoms with Gasteiger partial charge in [0.15, 0.2) is 4.87 Å². The fourth-order valence-electron chi connectivity index (χ4n) is 4.27. The van der Waals surface area contributed by atoms with Crippen LogP contribution >= 0.6 is 23.4 Å². The largest absolute Gasteiger partial charge is 0.311 e. The molecule has 1 fully saturated rings. The van der Waals surface area contributed by atoms with Crippen molar-refractivity contribution in [3.8, 4) is 0 Å². The number of hydrogen-bond acceptors (Lipinski definition) is 3. The van der Waals surface area contributed by atoms with Crippen LogP contribution in [0.1, 0.15) is 21.5 Å². The average Bonchev–Trinajstić information content (AvgIpc) is 3.32. The molecule has 2 heterocycles. The molecular formula is C24H17ClF2N2O2S. The van der Waals surface area contributed by atoms with Gasteiger partial charge in [-0.1, -0.05) is 23.7 Å². The molecule has 5 rings (SSSR count). The summed E-state index contributed by atoms with van der Waals surface area (Å²) in [5.41, 5.74) is 2.13. The maximum atomic E-state index is 14.3. The van der Waals surface area contributed by atoms with Crippen molar-refractivity contribution in [1.29, 1.82) is 0 Å². The van der Waals surface area contributed by atoms with Gasteiger partial charge in [-0.2, -0.15) is 0 Å². The summed E-state index contributed by atoms with van der Waals surface area (Å²) in [6.07, 6.45) is 0. The van der Waals surface area contributed by atoms with Crippen molar-refractivity contribution in [1.82, 2.24) is 4.90 Å². The normalized spacial score (nSPS) is 19.7. The number of nitrogens with zero attached hydrogens (tertiary/aromatic N) is 2. The smallest absolute Gasteiger partial charge is 0.268 e. The van der Waals surface area contributed by atoms with Crippen molar-refractivity contribution in [3.63, 3.8) is 0 Å². The number of halogens is 3. The van der Waals surface area contributed by atoms with Crippen LogP contribution in [0.5, 0.6) is 0 Å². The Morgan fingerprint density at radius 2 is 1.69 bits per heavy atom. The molecule has 8 heteroatoms. The van der Waals surface area contributed by atoms with Gasteiger partial charge in [-0.3, -0.25) is 9.59 Å². The van der Waals surface area contributed by atoms with Gasteiger partial charge in [0.05, 0.1) is 12.2 Å². The van der Waals surface area contributed by atoms with Crippen LogP contribution in [0.25, 0.3) is 0 Å². The molecule has 1 atom stereocenters. The zero-order valence-corrected chi connectivity index (χ0v) is 18.3. The average molecular weight is 471 g/mol. The predicted octanol–water partition coefficient (Wildman–Crippen LogP) is 5.21. The van der Waals surface area contributed by atoms with Crippen LogP contribution in [0, 0.1) is 11.6 Å². The van der Waals surface area contributed by atoms with Gasteiger partial charge in [-0.15, -0.1) is 11.8 Å². The summed E-state index contributed by atoms with van der Waals surface area (Å²) in [5.74, 6) is -0.950. The lowest BCUT2D eigenvalue weighted by molar-refractivity contribution is -0.123. The molecule has 0 bridgehead atoms. The maximum Gasteiger partial charge on any atom is 0.268 e. The summed E-state index contributed by atoms with van der Waals surface area (Å²) in [7, 11) is 0. The van der Waals surface area contributed by atoms with Gasteiger partial charge in [0, 0.05) is 28.4 Å². The maximum absolute atomic E-state index is 14.3. The highest BCUT2D eigenvalue weighted by Crippen LogP contribution is 2.54. The lowest BCUT2D eigenvalue weighted by Gasteiger charge is -2.33. The molecule has 2 aliphatic heterocycles. The number of carbonyl (C=O) groups is 2. The number of anilines is 1. The summed E-state index contributed by atoms with van der Waals surface area (Å²) in [6.45, 7) is 0.529. The standard InChI is InChI=1S/C24H17ClF2N2O2S/c25-17-5-3-16(4-6-17)22(30)29-11-12-32-24(29)20-13-19(27)9-10-21(20)28(23(24)31)14-15-1-7-18(26)8-2-15/h1-10,13H,11-12,14H2/t24-/m0/s1. The van der Waals surface area contributed by atoms with Crippen LogP contribution in [0.3, 0.4) is 0 Å². The predicted molar refractivity (Wildman–Crippen MR) is 121 cm³/mol. The van der Waals surface area contributed by atoms with Crippen LogP contribution < -0.4 is 4.90 Å². The molecule has 0 aliphatic carbocycles. The lowest BCUT2D eigenvalue weighted by atomic mass is 10.0. The van der Waals surface area contributed by atoms with Crippen molar-refractivity contribution >= 4 is 40.9 Å². The van der Waals surface area contributed by atoms with E-state index in [1.165, 1.54) is 40.9 Å². The van der Waals surface area contributed by atoms with Crippen LogP contribution in [0.2, 0.25) is 5.02 Å². The number of thioether (sulfide) groups is 1. The summed E-state index contributed by atoms with van der Waals surface area (Å²) < 4.78 is 27.7. The Labute approximate surface area is 192 Å². The van der Waals surface area contributed by atoms with Crippen LogP contribution in [0.15, 0.2) is 66.7 Å².